The van der Waals surface area contributed by atoms with Crippen molar-refractivity contribution in [2.24, 2.45) is 0 Å². The molecule has 0 bridgehead atoms. The van der Waals surface area contributed by atoms with E-state index in [-0.39, 0.29) is 5.91 Å². The van der Waals surface area contributed by atoms with Gasteiger partial charge in [-0.05, 0) is 18.2 Å². The maximum Gasteiger partial charge on any atom is 0.255 e. The van der Waals surface area contributed by atoms with Crippen LogP contribution >= 0.6 is 28.6 Å². The average Bonchev–Trinajstić information content (AvgIpc) is 2.85. The van der Waals surface area contributed by atoms with Crippen LogP contribution in [0.15, 0.2) is 40.0 Å². The molecule has 0 radical (unpaired) electrons. The fourth-order valence-electron chi connectivity index (χ4n) is 2.20. The van der Waals surface area contributed by atoms with E-state index < -0.39 is 0 Å². The van der Waals surface area contributed by atoms with Crippen LogP contribution in [0.1, 0.15) is 16.2 Å². The van der Waals surface area contributed by atoms with E-state index in [4.69, 9.17) is 0 Å². The van der Waals surface area contributed by atoms with Gasteiger partial charge in [-0.25, -0.2) is 4.98 Å². The summed E-state index contributed by atoms with van der Waals surface area (Å²) >= 11 is 7.74. The molecule has 0 saturated carbocycles. The number of halogens is 1. The molecule has 0 fully saturated rings. The van der Waals surface area contributed by atoms with Crippen molar-refractivity contribution < 1.29 is 4.79 Å². The summed E-state index contributed by atoms with van der Waals surface area (Å²) in [6.45, 7) is 2.04. The van der Waals surface area contributed by atoms with Crippen molar-refractivity contribution in [1.82, 2.24) is 14.5 Å². The van der Waals surface area contributed by atoms with Gasteiger partial charge in [0.15, 0.2) is 0 Å². The van der Waals surface area contributed by atoms with Gasteiger partial charge >= 0.3 is 0 Å². The van der Waals surface area contributed by atoms with E-state index in [0.29, 0.717) is 23.5 Å². The number of carbonyl (C=O) groups excluding carboxylic acids is 1. The van der Waals surface area contributed by atoms with Crippen molar-refractivity contribution in [3.8, 4) is 0 Å². The van der Waals surface area contributed by atoms with Gasteiger partial charge in [0.2, 0.25) is 0 Å². The number of rotatable bonds is 1. The molecule has 19 heavy (non-hydrogen) atoms. The normalized spacial score (nSPS) is 14.3. The minimum absolute atomic E-state index is 0.00625. The molecule has 0 N–H and O–H groups in total. The van der Waals surface area contributed by atoms with Crippen LogP contribution in [0.4, 0.5) is 0 Å². The molecule has 3 rings (SSSR count). The molecule has 2 aromatic rings. The number of amides is 1. The summed E-state index contributed by atoms with van der Waals surface area (Å²) in [6.07, 6.45) is 3.72. The molecule has 0 spiro atoms. The van der Waals surface area contributed by atoms with Gasteiger partial charge in [0.05, 0.1) is 12.1 Å². The van der Waals surface area contributed by atoms with E-state index in [1.807, 2.05) is 23.2 Å². The maximum atomic E-state index is 12.5. The Hall–Kier alpha value is -1.27. The summed E-state index contributed by atoms with van der Waals surface area (Å²) in [4.78, 5) is 19.2. The number of benzene rings is 1. The molecule has 1 aliphatic heterocycles. The average molecular weight is 338 g/mol. The Morgan fingerprint density at radius 2 is 2.21 bits per heavy atom. The van der Waals surface area contributed by atoms with E-state index in [2.05, 4.69) is 38.1 Å². The molecule has 2 heterocycles. The molecule has 0 atom stereocenters. The first-order valence-corrected chi connectivity index (χ1v) is 7.17. The monoisotopic (exact) mass is 337 g/mol. The van der Waals surface area contributed by atoms with Crippen LogP contribution in [0.2, 0.25) is 0 Å². The molecule has 1 aromatic heterocycles. The number of carbonyl (C=O) groups is 1. The minimum Gasteiger partial charge on any atom is -0.332 e. The fraction of sp³-hybridized carbons (Fsp3) is 0.231. The lowest BCUT2D eigenvalue weighted by molar-refractivity contribution is 0.0704. The van der Waals surface area contributed by atoms with Gasteiger partial charge in [-0.15, -0.1) is 12.6 Å². The van der Waals surface area contributed by atoms with Crippen LogP contribution in [-0.4, -0.2) is 26.9 Å². The molecule has 4 nitrogen and oxygen atoms in total. The third-order valence-corrected chi connectivity index (χ3v) is 4.09. The SMILES string of the molecule is O=C(c1ccc(Br)cc1S)N1CCn2ccnc2C1. The highest BCUT2D eigenvalue weighted by Gasteiger charge is 2.23. The Bertz CT molecular complexity index is 641. The van der Waals surface area contributed by atoms with Gasteiger partial charge < -0.3 is 9.47 Å². The third-order valence-electron chi connectivity index (χ3n) is 3.22. The number of aromatic nitrogens is 2. The molecule has 1 aliphatic rings. The second-order valence-electron chi connectivity index (χ2n) is 4.43. The zero-order chi connectivity index (χ0) is 13.4. The van der Waals surface area contributed by atoms with Crippen LogP contribution in [0.3, 0.4) is 0 Å². The highest BCUT2D eigenvalue weighted by Crippen LogP contribution is 2.22. The van der Waals surface area contributed by atoms with Crippen LogP contribution in [0.5, 0.6) is 0 Å². The van der Waals surface area contributed by atoms with E-state index >= 15 is 0 Å². The quantitative estimate of drug-likeness (QED) is 0.812. The molecule has 6 heteroatoms. The van der Waals surface area contributed by atoms with Crippen molar-refractivity contribution in [2.45, 2.75) is 18.0 Å². The fourth-order valence-corrected chi connectivity index (χ4v) is 3.05. The lowest BCUT2D eigenvalue weighted by Gasteiger charge is -2.28. The standard InChI is InChI=1S/C13H12BrN3OS/c14-9-1-2-10(11(19)7-9)13(18)17-6-5-16-4-3-15-12(16)8-17/h1-4,7,19H,5-6,8H2. The van der Waals surface area contributed by atoms with Crippen molar-refractivity contribution >= 4 is 34.5 Å². The number of thiol groups is 1. The first-order valence-electron chi connectivity index (χ1n) is 5.93. The maximum absolute atomic E-state index is 12.5. The molecular formula is C13H12BrN3OS. The summed E-state index contributed by atoms with van der Waals surface area (Å²) in [7, 11) is 0. The largest absolute Gasteiger partial charge is 0.332 e. The first-order chi connectivity index (χ1) is 9.15. The van der Waals surface area contributed by atoms with Crippen LogP contribution in [-0.2, 0) is 13.1 Å². The van der Waals surface area contributed by atoms with E-state index in [1.165, 1.54) is 0 Å². The zero-order valence-corrected chi connectivity index (χ0v) is 12.6. The number of imidazole rings is 1. The predicted octanol–water partition coefficient (Wildman–Crippen LogP) is 2.59. The Balaban J connectivity index is 1.85. The van der Waals surface area contributed by atoms with Gasteiger partial charge in [-0.3, -0.25) is 4.79 Å². The Labute approximate surface area is 125 Å². The van der Waals surface area contributed by atoms with Gasteiger partial charge in [0.25, 0.3) is 5.91 Å². The number of hydrogen-bond donors (Lipinski definition) is 1. The van der Waals surface area contributed by atoms with E-state index in [9.17, 15) is 4.79 Å². The van der Waals surface area contributed by atoms with Crippen molar-refractivity contribution in [3.63, 3.8) is 0 Å². The second kappa shape index (κ2) is 5.02. The van der Waals surface area contributed by atoms with Gasteiger partial charge in [-0.1, -0.05) is 15.9 Å². The summed E-state index contributed by atoms with van der Waals surface area (Å²) < 4.78 is 3.00. The Morgan fingerprint density at radius 3 is 3.00 bits per heavy atom. The van der Waals surface area contributed by atoms with E-state index in [1.54, 1.807) is 12.3 Å². The Kier molecular flexibility index (Phi) is 3.36. The summed E-state index contributed by atoms with van der Waals surface area (Å²) in [6, 6.07) is 5.49. The molecule has 1 amide bonds. The van der Waals surface area contributed by atoms with E-state index in [0.717, 1.165) is 16.8 Å². The topological polar surface area (TPSA) is 38.1 Å². The molecule has 98 valence electrons. The smallest absolute Gasteiger partial charge is 0.255 e. The van der Waals surface area contributed by atoms with Crippen LogP contribution in [0.25, 0.3) is 0 Å². The van der Waals surface area contributed by atoms with Gasteiger partial charge in [0.1, 0.15) is 5.82 Å². The number of fused-ring (bicyclic) bond motifs is 1. The van der Waals surface area contributed by atoms with Gasteiger partial charge in [-0.2, -0.15) is 0 Å². The molecule has 0 aliphatic carbocycles. The summed E-state index contributed by atoms with van der Waals surface area (Å²) in [5.41, 5.74) is 0.631. The number of nitrogens with zero attached hydrogens (tertiary/aromatic N) is 3. The lowest BCUT2D eigenvalue weighted by Crippen LogP contribution is -2.38. The van der Waals surface area contributed by atoms with Crippen molar-refractivity contribution in [3.05, 3.63) is 46.5 Å². The predicted molar refractivity (Wildman–Crippen MR) is 78.4 cm³/mol. The van der Waals surface area contributed by atoms with Gasteiger partial charge in [0, 0.05) is 34.9 Å². The first kappa shape index (κ1) is 12.7. The summed E-state index contributed by atoms with van der Waals surface area (Å²) in [5, 5.41) is 0. The second-order valence-corrected chi connectivity index (χ2v) is 5.82. The molecule has 0 unspecified atom stereocenters. The molecular weight excluding hydrogens is 326 g/mol. The lowest BCUT2D eigenvalue weighted by atomic mass is 10.2. The summed E-state index contributed by atoms with van der Waals surface area (Å²) in [5.74, 6) is 0.934. The number of hydrogen-bond acceptors (Lipinski definition) is 3. The Morgan fingerprint density at radius 1 is 1.37 bits per heavy atom. The highest BCUT2D eigenvalue weighted by atomic mass is 79.9. The highest BCUT2D eigenvalue weighted by molar-refractivity contribution is 9.10. The minimum atomic E-state index is 0.00625. The molecule has 1 aromatic carbocycles. The van der Waals surface area contributed by atoms with Crippen molar-refractivity contribution in [1.29, 1.82) is 0 Å². The zero-order valence-electron chi connectivity index (χ0n) is 10.1. The van der Waals surface area contributed by atoms with Crippen LogP contribution < -0.4 is 0 Å². The molecule has 0 saturated heterocycles. The van der Waals surface area contributed by atoms with Crippen molar-refractivity contribution in [2.75, 3.05) is 6.54 Å². The van der Waals surface area contributed by atoms with Crippen LogP contribution in [0, 0.1) is 0 Å². The third kappa shape index (κ3) is 2.42.